The molecule has 0 saturated carbocycles. The van der Waals surface area contributed by atoms with Crippen LogP contribution < -0.4 is 10.1 Å². The van der Waals surface area contributed by atoms with Gasteiger partial charge in [-0.25, -0.2) is 4.68 Å². The van der Waals surface area contributed by atoms with E-state index in [0.29, 0.717) is 22.8 Å². The summed E-state index contributed by atoms with van der Waals surface area (Å²) in [5, 5.41) is 12.1. The predicted molar refractivity (Wildman–Crippen MR) is 109 cm³/mol. The lowest BCUT2D eigenvalue weighted by molar-refractivity contribution is 0.0930. The number of methoxy groups -OCH3 is 1. The molecular weight excluding hydrogens is 368 g/mol. The molecule has 4 aromatic rings. The van der Waals surface area contributed by atoms with Crippen molar-refractivity contribution in [3.8, 4) is 11.4 Å². The summed E-state index contributed by atoms with van der Waals surface area (Å²) in [5.41, 5.74) is 3.63. The minimum Gasteiger partial charge on any atom is -0.493 e. The number of aryl methyl sites for hydroxylation is 1. The Balaban J connectivity index is 1.56. The number of amides is 1. The maximum absolute atomic E-state index is 12.8. The zero-order chi connectivity index (χ0) is 20.5. The highest BCUT2D eigenvalue weighted by atomic mass is 16.5. The fourth-order valence-corrected chi connectivity index (χ4v) is 3.24. The Kier molecular flexibility index (Phi) is 4.80. The number of para-hydroxylation sites is 1. The van der Waals surface area contributed by atoms with Gasteiger partial charge in [-0.05, 0) is 45.0 Å². The van der Waals surface area contributed by atoms with Crippen molar-refractivity contribution in [2.45, 2.75) is 26.8 Å². The SMILES string of the molecule is COc1cccc2cc(C(C)NC(=O)c3nnn(-c4ccc(C)cc4)c3C)oc12. The zero-order valence-corrected chi connectivity index (χ0v) is 16.8. The molecule has 0 fully saturated rings. The summed E-state index contributed by atoms with van der Waals surface area (Å²) in [6, 6.07) is 15.1. The van der Waals surface area contributed by atoms with Gasteiger partial charge < -0.3 is 14.5 Å². The second-order valence-electron chi connectivity index (χ2n) is 6.99. The third kappa shape index (κ3) is 3.47. The van der Waals surface area contributed by atoms with Crippen LogP contribution >= 0.6 is 0 Å². The lowest BCUT2D eigenvalue weighted by atomic mass is 10.2. The van der Waals surface area contributed by atoms with Gasteiger partial charge in [0.1, 0.15) is 5.76 Å². The van der Waals surface area contributed by atoms with E-state index in [-0.39, 0.29) is 17.6 Å². The molecule has 29 heavy (non-hydrogen) atoms. The number of aromatic nitrogens is 3. The van der Waals surface area contributed by atoms with Gasteiger partial charge in [-0.2, -0.15) is 0 Å². The Labute approximate surface area is 168 Å². The molecule has 0 saturated heterocycles. The molecule has 1 unspecified atom stereocenters. The molecule has 1 atom stereocenters. The normalized spacial score (nSPS) is 12.1. The fourth-order valence-electron chi connectivity index (χ4n) is 3.24. The first-order chi connectivity index (χ1) is 14.0. The molecule has 2 aromatic heterocycles. The molecule has 7 nitrogen and oxygen atoms in total. The van der Waals surface area contributed by atoms with E-state index in [1.165, 1.54) is 0 Å². The molecule has 0 aliphatic carbocycles. The average molecular weight is 390 g/mol. The summed E-state index contributed by atoms with van der Waals surface area (Å²) in [6.45, 7) is 5.71. The largest absolute Gasteiger partial charge is 0.493 e. The highest BCUT2D eigenvalue weighted by Gasteiger charge is 2.21. The molecule has 2 heterocycles. The van der Waals surface area contributed by atoms with Crippen LogP contribution in [0.3, 0.4) is 0 Å². The maximum Gasteiger partial charge on any atom is 0.274 e. The fraction of sp³-hybridized carbons (Fsp3) is 0.227. The molecule has 0 aliphatic heterocycles. The van der Waals surface area contributed by atoms with E-state index < -0.39 is 0 Å². The summed E-state index contributed by atoms with van der Waals surface area (Å²) in [4.78, 5) is 12.8. The number of hydrogen-bond donors (Lipinski definition) is 1. The number of rotatable bonds is 5. The van der Waals surface area contributed by atoms with Crippen LogP contribution in [0.2, 0.25) is 0 Å². The van der Waals surface area contributed by atoms with E-state index in [2.05, 4.69) is 15.6 Å². The number of hydrogen-bond acceptors (Lipinski definition) is 5. The van der Waals surface area contributed by atoms with E-state index >= 15 is 0 Å². The second-order valence-corrected chi connectivity index (χ2v) is 6.99. The van der Waals surface area contributed by atoms with Crippen LogP contribution in [0.1, 0.15) is 40.5 Å². The van der Waals surface area contributed by atoms with Crippen molar-refractivity contribution < 1.29 is 13.9 Å². The van der Waals surface area contributed by atoms with Crippen LogP contribution in [0.4, 0.5) is 0 Å². The van der Waals surface area contributed by atoms with E-state index in [1.807, 2.05) is 69.3 Å². The van der Waals surface area contributed by atoms with Crippen molar-refractivity contribution >= 4 is 16.9 Å². The molecule has 1 N–H and O–H groups in total. The third-order valence-corrected chi connectivity index (χ3v) is 4.91. The van der Waals surface area contributed by atoms with Crippen LogP contribution in [-0.4, -0.2) is 28.0 Å². The standard InChI is InChI=1S/C22H22N4O3/c1-13-8-10-17(11-9-13)26-15(3)20(24-25-26)22(27)23-14(2)19-12-16-6-5-7-18(28-4)21(16)29-19/h5-12,14H,1-4H3,(H,23,27). The van der Waals surface area contributed by atoms with E-state index in [1.54, 1.807) is 11.8 Å². The predicted octanol–water partition coefficient (Wildman–Crippen LogP) is 4.13. The molecule has 0 aliphatic rings. The number of benzene rings is 2. The van der Waals surface area contributed by atoms with E-state index in [9.17, 15) is 4.79 Å². The molecule has 0 radical (unpaired) electrons. The van der Waals surface area contributed by atoms with Crippen LogP contribution in [0.5, 0.6) is 5.75 Å². The average Bonchev–Trinajstić information content (AvgIpc) is 3.32. The number of carbonyl (C=O) groups is 1. The zero-order valence-electron chi connectivity index (χ0n) is 16.8. The van der Waals surface area contributed by atoms with E-state index in [0.717, 1.165) is 16.6 Å². The molecule has 0 spiro atoms. The van der Waals surface area contributed by atoms with Gasteiger partial charge in [-0.3, -0.25) is 4.79 Å². The van der Waals surface area contributed by atoms with Crippen LogP contribution in [-0.2, 0) is 0 Å². The van der Waals surface area contributed by atoms with Crippen molar-refractivity contribution in [2.24, 2.45) is 0 Å². The number of furan rings is 1. The molecule has 2 aromatic carbocycles. The molecule has 4 rings (SSSR count). The second kappa shape index (κ2) is 7.43. The Morgan fingerprint density at radius 1 is 1.17 bits per heavy atom. The first kappa shape index (κ1) is 18.7. The molecule has 7 heteroatoms. The van der Waals surface area contributed by atoms with Crippen LogP contribution in [0.15, 0.2) is 52.9 Å². The Bertz CT molecular complexity index is 1170. The van der Waals surface area contributed by atoms with Crippen LogP contribution in [0, 0.1) is 13.8 Å². The number of nitrogens with zero attached hydrogens (tertiary/aromatic N) is 3. The highest BCUT2D eigenvalue weighted by Crippen LogP contribution is 2.31. The van der Waals surface area contributed by atoms with Gasteiger partial charge in [0.05, 0.1) is 24.5 Å². The summed E-state index contributed by atoms with van der Waals surface area (Å²) >= 11 is 0. The Morgan fingerprint density at radius 2 is 1.93 bits per heavy atom. The molecule has 0 bridgehead atoms. The van der Waals surface area contributed by atoms with Crippen molar-refractivity contribution in [1.29, 1.82) is 0 Å². The lowest BCUT2D eigenvalue weighted by Gasteiger charge is -2.10. The van der Waals surface area contributed by atoms with Gasteiger partial charge in [0, 0.05) is 5.39 Å². The van der Waals surface area contributed by atoms with Crippen molar-refractivity contribution in [3.63, 3.8) is 0 Å². The van der Waals surface area contributed by atoms with Crippen molar-refractivity contribution in [2.75, 3.05) is 7.11 Å². The highest BCUT2D eigenvalue weighted by molar-refractivity contribution is 5.93. The van der Waals surface area contributed by atoms with Crippen molar-refractivity contribution in [1.82, 2.24) is 20.3 Å². The van der Waals surface area contributed by atoms with Gasteiger partial charge in [-0.15, -0.1) is 5.10 Å². The van der Waals surface area contributed by atoms with Gasteiger partial charge in [-0.1, -0.05) is 35.0 Å². The third-order valence-electron chi connectivity index (χ3n) is 4.91. The van der Waals surface area contributed by atoms with Gasteiger partial charge >= 0.3 is 0 Å². The quantitative estimate of drug-likeness (QED) is 0.554. The van der Waals surface area contributed by atoms with Crippen molar-refractivity contribution in [3.05, 3.63) is 71.2 Å². The topological polar surface area (TPSA) is 82.2 Å². The molecule has 1 amide bonds. The number of ether oxygens (including phenoxy) is 1. The minimum atomic E-state index is -0.344. The number of fused-ring (bicyclic) bond motifs is 1. The first-order valence-electron chi connectivity index (χ1n) is 9.34. The Hall–Kier alpha value is -3.61. The summed E-state index contributed by atoms with van der Waals surface area (Å²) in [7, 11) is 1.60. The minimum absolute atomic E-state index is 0.283. The van der Waals surface area contributed by atoms with Gasteiger partial charge in [0.25, 0.3) is 5.91 Å². The number of carbonyl (C=O) groups excluding carboxylic acids is 1. The Morgan fingerprint density at radius 3 is 2.66 bits per heavy atom. The first-order valence-corrected chi connectivity index (χ1v) is 9.34. The molecular formula is C22H22N4O3. The maximum atomic E-state index is 12.8. The van der Waals surface area contributed by atoms with E-state index in [4.69, 9.17) is 9.15 Å². The lowest BCUT2D eigenvalue weighted by Crippen LogP contribution is -2.27. The summed E-state index contributed by atoms with van der Waals surface area (Å²) < 4.78 is 12.9. The molecule has 148 valence electrons. The smallest absolute Gasteiger partial charge is 0.274 e. The van der Waals surface area contributed by atoms with Crippen LogP contribution in [0.25, 0.3) is 16.7 Å². The summed E-state index contributed by atoms with van der Waals surface area (Å²) in [6.07, 6.45) is 0. The number of nitrogens with one attached hydrogen (secondary N) is 1. The summed E-state index contributed by atoms with van der Waals surface area (Å²) in [5.74, 6) is 0.992. The van der Waals surface area contributed by atoms with Gasteiger partial charge in [0.15, 0.2) is 17.0 Å². The monoisotopic (exact) mass is 390 g/mol. The van der Waals surface area contributed by atoms with Gasteiger partial charge in [0.2, 0.25) is 0 Å².